The van der Waals surface area contributed by atoms with Crippen LogP contribution in [0.15, 0.2) is 39.7 Å². The lowest BCUT2D eigenvalue weighted by molar-refractivity contribution is 0.340. The van der Waals surface area contributed by atoms with Gasteiger partial charge in [-0.25, -0.2) is 9.67 Å². The van der Waals surface area contributed by atoms with E-state index in [1.807, 2.05) is 35.9 Å². The molecule has 1 aromatic carbocycles. The Morgan fingerprint density at radius 2 is 1.96 bits per heavy atom. The first-order valence-electron chi connectivity index (χ1n) is 8.13. The molecule has 1 aromatic heterocycles. The van der Waals surface area contributed by atoms with E-state index in [2.05, 4.69) is 26.2 Å². The Hall–Kier alpha value is -1.88. The van der Waals surface area contributed by atoms with Gasteiger partial charge >= 0.3 is 0 Å². The van der Waals surface area contributed by atoms with Crippen molar-refractivity contribution in [1.82, 2.24) is 4.68 Å². The molecule has 0 atom stereocenters. The van der Waals surface area contributed by atoms with Crippen molar-refractivity contribution < 1.29 is 4.74 Å². The van der Waals surface area contributed by atoms with Crippen molar-refractivity contribution in [3.05, 3.63) is 40.1 Å². The molecule has 5 heteroatoms. The Morgan fingerprint density at radius 1 is 1.22 bits per heavy atom. The largest absolute Gasteiger partial charge is 0.494 e. The second-order valence-corrected chi connectivity index (χ2v) is 6.29. The normalized spacial score (nSPS) is 12.7. The van der Waals surface area contributed by atoms with Gasteiger partial charge in [-0.3, -0.25) is 0 Å². The number of thiazole rings is 1. The minimum absolute atomic E-state index is 0.673. The molecule has 0 fully saturated rings. The summed E-state index contributed by atoms with van der Waals surface area (Å²) in [6, 6.07) is 7.84. The number of hydrogen-bond donors (Lipinski definition) is 0. The molecule has 0 unspecified atom stereocenters. The quantitative estimate of drug-likeness (QED) is 0.665. The molecular weight excluding hydrogens is 306 g/mol. The lowest BCUT2D eigenvalue weighted by Crippen LogP contribution is -2.13. The van der Waals surface area contributed by atoms with Crippen molar-refractivity contribution in [3.8, 4) is 5.75 Å². The molecule has 0 spiro atoms. The predicted molar refractivity (Wildman–Crippen MR) is 97.9 cm³/mol. The van der Waals surface area contributed by atoms with Gasteiger partial charge in [0.2, 0.25) is 4.80 Å². The van der Waals surface area contributed by atoms with Crippen molar-refractivity contribution in [2.75, 3.05) is 6.61 Å². The average molecular weight is 331 g/mol. The molecule has 0 aliphatic heterocycles. The Morgan fingerprint density at radius 3 is 2.61 bits per heavy atom. The van der Waals surface area contributed by atoms with Crippen LogP contribution < -0.4 is 9.54 Å². The maximum Gasteiger partial charge on any atom is 0.211 e. The van der Waals surface area contributed by atoms with Gasteiger partial charge in [0.1, 0.15) is 5.75 Å². The first-order valence-corrected chi connectivity index (χ1v) is 9.01. The minimum atomic E-state index is 0.673. The third kappa shape index (κ3) is 5.06. The number of benzene rings is 1. The van der Waals surface area contributed by atoms with Gasteiger partial charge in [0, 0.05) is 11.1 Å². The van der Waals surface area contributed by atoms with Crippen LogP contribution in [-0.2, 0) is 0 Å². The van der Waals surface area contributed by atoms with E-state index in [0.717, 1.165) is 34.1 Å². The van der Waals surface area contributed by atoms with Crippen LogP contribution >= 0.6 is 11.3 Å². The number of rotatable bonds is 7. The van der Waals surface area contributed by atoms with Crippen LogP contribution in [-0.4, -0.2) is 17.0 Å². The molecule has 0 N–H and O–H groups in total. The second-order valence-electron chi connectivity index (χ2n) is 5.45. The van der Waals surface area contributed by atoms with Crippen molar-refractivity contribution >= 4 is 22.7 Å². The molecule has 2 rings (SSSR count). The first-order chi connectivity index (χ1) is 11.1. The van der Waals surface area contributed by atoms with Crippen LogP contribution in [0.2, 0.25) is 0 Å². The molecule has 124 valence electrons. The lowest BCUT2D eigenvalue weighted by atomic mass is 10.2. The van der Waals surface area contributed by atoms with Crippen molar-refractivity contribution in [2.45, 2.75) is 47.0 Å². The summed E-state index contributed by atoms with van der Waals surface area (Å²) in [5.41, 5.74) is 3.16. The van der Waals surface area contributed by atoms with E-state index in [9.17, 15) is 0 Å². The fourth-order valence-corrected chi connectivity index (χ4v) is 2.95. The monoisotopic (exact) mass is 331 g/mol. The molecule has 1 heterocycles. The van der Waals surface area contributed by atoms with Crippen LogP contribution in [0.4, 0.5) is 5.69 Å². The van der Waals surface area contributed by atoms with Crippen LogP contribution in [0.1, 0.15) is 45.7 Å². The summed E-state index contributed by atoms with van der Waals surface area (Å²) in [5.74, 6) is 0.870. The third-order valence-electron chi connectivity index (χ3n) is 3.39. The maximum atomic E-state index is 5.46. The summed E-state index contributed by atoms with van der Waals surface area (Å²) in [7, 11) is 0. The van der Waals surface area contributed by atoms with Crippen LogP contribution in [0, 0.1) is 6.92 Å². The van der Waals surface area contributed by atoms with E-state index < -0.39 is 0 Å². The van der Waals surface area contributed by atoms with E-state index in [1.54, 1.807) is 11.3 Å². The molecule has 0 aliphatic rings. The SMILES string of the molecule is CCCCC(C)=Nn1c(C)csc1=Nc1ccc(OCC)cc1. The van der Waals surface area contributed by atoms with Gasteiger partial charge in [0.05, 0.1) is 18.0 Å². The second kappa shape index (κ2) is 8.67. The van der Waals surface area contributed by atoms with Gasteiger partial charge in [-0.05, 0) is 57.9 Å². The van der Waals surface area contributed by atoms with Crippen LogP contribution in [0.5, 0.6) is 5.75 Å². The Balaban J connectivity index is 2.29. The van der Waals surface area contributed by atoms with Crippen molar-refractivity contribution in [3.63, 3.8) is 0 Å². The van der Waals surface area contributed by atoms with Gasteiger partial charge in [0.15, 0.2) is 0 Å². The van der Waals surface area contributed by atoms with E-state index in [-0.39, 0.29) is 0 Å². The molecule has 23 heavy (non-hydrogen) atoms. The fraction of sp³-hybridized carbons (Fsp3) is 0.444. The van der Waals surface area contributed by atoms with E-state index in [4.69, 9.17) is 14.8 Å². The van der Waals surface area contributed by atoms with Crippen LogP contribution in [0.3, 0.4) is 0 Å². The van der Waals surface area contributed by atoms with Gasteiger partial charge in [-0.1, -0.05) is 13.3 Å². The number of nitrogens with zero attached hydrogens (tertiary/aromatic N) is 3. The Labute approximate surface area is 142 Å². The van der Waals surface area contributed by atoms with E-state index >= 15 is 0 Å². The number of unbranched alkanes of at least 4 members (excludes halogenated alkanes) is 1. The fourth-order valence-electron chi connectivity index (χ4n) is 2.13. The maximum absolute atomic E-state index is 5.46. The van der Waals surface area contributed by atoms with Gasteiger partial charge in [-0.15, -0.1) is 11.3 Å². The molecule has 4 nitrogen and oxygen atoms in total. The highest BCUT2D eigenvalue weighted by Crippen LogP contribution is 2.18. The standard InChI is InChI=1S/C18H25N3OS/c1-5-7-8-14(3)20-21-15(4)13-23-18(21)19-16-9-11-17(12-10-16)22-6-2/h9-13H,5-8H2,1-4H3. The summed E-state index contributed by atoms with van der Waals surface area (Å²) in [6.07, 6.45) is 3.38. The van der Waals surface area contributed by atoms with Gasteiger partial charge in [-0.2, -0.15) is 5.10 Å². The lowest BCUT2D eigenvalue weighted by Gasteiger charge is -2.03. The first kappa shape index (κ1) is 17.5. The zero-order valence-corrected chi connectivity index (χ0v) is 15.2. The summed E-state index contributed by atoms with van der Waals surface area (Å²) < 4.78 is 7.40. The van der Waals surface area contributed by atoms with E-state index in [0.29, 0.717) is 6.61 Å². The molecule has 2 aromatic rings. The smallest absolute Gasteiger partial charge is 0.211 e. The number of ether oxygens (including phenoxy) is 1. The number of aromatic nitrogens is 1. The summed E-state index contributed by atoms with van der Waals surface area (Å²) in [5, 5.41) is 6.81. The summed E-state index contributed by atoms with van der Waals surface area (Å²) in [4.78, 5) is 5.61. The molecule has 0 radical (unpaired) electrons. The molecule has 0 bridgehead atoms. The topological polar surface area (TPSA) is 38.9 Å². The van der Waals surface area contributed by atoms with Gasteiger partial charge < -0.3 is 4.74 Å². The van der Waals surface area contributed by atoms with E-state index in [1.165, 1.54) is 12.8 Å². The molecule has 0 amide bonds. The van der Waals surface area contributed by atoms with Crippen LogP contribution in [0.25, 0.3) is 0 Å². The van der Waals surface area contributed by atoms with Gasteiger partial charge in [0.25, 0.3) is 0 Å². The Bertz CT molecular complexity index is 711. The summed E-state index contributed by atoms with van der Waals surface area (Å²) in [6.45, 7) is 8.99. The zero-order valence-electron chi connectivity index (χ0n) is 14.4. The highest BCUT2D eigenvalue weighted by molar-refractivity contribution is 7.07. The van der Waals surface area contributed by atoms with Crippen molar-refractivity contribution in [1.29, 1.82) is 0 Å². The number of aryl methyl sites for hydroxylation is 1. The molecular formula is C18H25N3OS. The number of hydrogen-bond acceptors (Lipinski definition) is 4. The molecule has 0 aliphatic carbocycles. The third-order valence-corrected chi connectivity index (χ3v) is 4.32. The Kier molecular flexibility index (Phi) is 6.59. The average Bonchev–Trinajstić information content (AvgIpc) is 2.88. The minimum Gasteiger partial charge on any atom is -0.494 e. The highest BCUT2D eigenvalue weighted by Gasteiger charge is 2.02. The predicted octanol–water partition coefficient (Wildman–Crippen LogP) is 4.90. The molecule has 0 saturated heterocycles. The molecule has 0 saturated carbocycles. The zero-order chi connectivity index (χ0) is 16.7. The highest BCUT2D eigenvalue weighted by atomic mass is 32.1. The summed E-state index contributed by atoms with van der Waals surface area (Å²) >= 11 is 1.61. The van der Waals surface area contributed by atoms with Crippen molar-refractivity contribution in [2.24, 2.45) is 10.1 Å².